The minimum Gasteiger partial charge on any atom is -0.256 e. The molecule has 0 atom stereocenters. The molecular formula is C55H56N2. The number of benzene rings is 5. The molecule has 2 heterocycles. The average molecular weight is 747 g/mol. The molecule has 1 aliphatic rings. The molecule has 0 amide bonds. The third kappa shape index (κ3) is 9.02. The quantitative estimate of drug-likeness (QED) is 0.139. The first-order chi connectivity index (χ1) is 28.4. The Morgan fingerprint density at radius 3 is 1.84 bits per heavy atom. The second-order valence-corrected chi connectivity index (χ2v) is 17.4. The summed E-state index contributed by atoms with van der Waals surface area (Å²) in [6, 6.07) is 50.3. The van der Waals surface area contributed by atoms with Crippen LogP contribution in [-0.2, 0) is 24.6 Å². The molecule has 2 aromatic heterocycles. The number of aromatic nitrogens is 2. The number of hydrogen-bond donors (Lipinski definition) is 0. The Bertz CT molecular complexity index is 2520. The Morgan fingerprint density at radius 1 is 0.561 bits per heavy atom. The van der Waals surface area contributed by atoms with E-state index in [0.29, 0.717) is 5.56 Å². The van der Waals surface area contributed by atoms with Gasteiger partial charge in [0.25, 0.3) is 0 Å². The van der Waals surface area contributed by atoms with Gasteiger partial charge in [-0.2, -0.15) is 0 Å². The van der Waals surface area contributed by atoms with Gasteiger partial charge in [-0.15, -0.1) is 0 Å². The van der Waals surface area contributed by atoms with E-state index in [9.17, 15) is 2.74 Å². The summed E-state index contributed by atoms with van der Waals surface area (Å²) in [7, 11) is 0. The third-order valence-electron chi connectivity index (χ3n) is 11.7. The molecule has 1 aliphatic carbocycles. The van der Waals surface area contributed by atoms with E-state index in [1.165, 1.54) is 71.0 Å². The van der Waals surface area contributed by atoms with Crippen molar-refractivity contribution in [1.82, 2.24) is 9.97 Å². The Kier molecular flexibility index (Phi) is 10.3. The molecule has 286 valence electrons. The van der Waals surface area contributed by atoms with Crippen LogP contribution < -0.4 is 0 Å². The normalized spacial score (nSPS) is 14.8. The highest BCUT2D eigenvalue weighted by Gasteiger charge is 2.28. The highest BCUT2D eigenvalue weighted by Crippen LogP contribution is 2.41. The van der Waals surface area contributed by atoms with E-state index in [2.05, 4.69) is 146 Å². The fraction of sp³-hybridized carbons (Fsp3) is 0.273. The Labute approximate surface area is 343 Å². The van der Waals surface area contributed by atoms with Gasteiger partial charge in [-0.25, -0.2) is 0 Å². The molecule has 5 aromatic carbocycles. The van der Waals surface area contributed by atoms with Crippen molar-refractivity contribution in [1.29, 1.82) is 0 Å². The van der Waals surface area contributed by atoms with Crippen LogP contribution in [0.2, 0.25) is 0 Å². The lowest BCUT2D eigenvalue weighted by Crippen LogP contribution is -2.24. The summed E-state index contributed by atoms with van der Waals surface area (Å²) in [5.74, 6) is 0. The molecule has 0 aliphatic heterocycles. The van der Waals surface area contributed by atoms with Crippen molar-refractivity contribution in [3.05, 3.63) is 180 Å². The summed E-state index contributed by atoms with van der Waals surface area (Å²) in [5.41, 5.74) is 16.2. The van der Waals surface area contributed by atoms with E-state index < -0.39 is 11.8 Å². The number of hydrogen-bond acceptors (Lipinski definition) is 2. The van der Waals surface area contributed by atoms with Gasteiger partial charge in [0.05, 0.1) is 11.4 Å². The van der Waals surface area contributed by atoms with Crippen molar-refractivity contribution in [3.63, 3.8) is 0 Å². The number of nitrogens with zero attached hydrogens (tertiary/aromatic N) is 2. The minimum absolute atomic E-state index is 0.208. The van der Waals surface area contributed by atoms with Crippen LogP contribution in [0.1, 0.15) is 90.4 Å². The smallest absolute Gasteiger partial charge is 0.0708 e. The van der Waals surface area contributed by atoms with Crippen LogP contribution in [0.25, 0.3) is 55.9 Å². The Hall–Kier alpha value is -5.60. The zero-order valence-corrected chi connectivity index (χ0v) is 34.3. The summed E-state index contributed by atoms with van der Waals surface area (Å²) in [5, 5.41) is 0. The van der Waals surface area contributed by atoms with E-state index in [1.807, 2.05) is 39.1 Å². The number of pyridine rings is 2. The zero-order valence-electron chi connectivity index (χ0n) is 36.3. The lowest BCUT2D eigenvalue weighted by Gasteiger charge is -2.34. The predicted molar refractivity (Wildman–Crippen MR) is 241 cm³/mol. The minimum atomic E-state index is -1.59. The number of aryl methyl sites for hydroxylation is 3. The Morgan fingerprint density at radius 2 is 1.16 bits per heavy atom. The first-order valence-electron chi connectivity index (χ1n) is 21.8. The van der Waals surface area contributed by atoms with Crippen LogP contribution >= 0.6 is 0 Å². The van der Waals surface area contributed by atoms with Crippen molar-refractivity contribution >= 4 is 0 Å². The summed E-state index contributed by atoms with van der Waals surface area (Å²) < 4.78 is 18.6. The summed E-state index contributed by atoms with van der Waals surface area (Å²) in [6.45, 7) is 10.5. The molecule has 57 heavy (non-hydrogen) atoms. The first kappa shape index (κ1) is 35.8. The SMILES string of the molecule is [2H]C([2H])(c1cnc(-c2ccc(-c3ccccc3-c3cc(C)cc(CCc4ccc(-c5ccccn5)cc4)c3)cc2)cc1-c1ccc(C2(C)CCCCC2)cc1)C(C)(C)C. The summed E-state index contributed by atoms with van der Waals surface area (Å²) in [6.07, 6.45) is 10.3. The molecule has 2 heteroatoms. The van der Waals surface area contributed by atoms with Crippen LogP contribution in [0, 0.1) is 12.3 Å². The molecule has 0 unspecified atom stereocenters. The first-order valence-corrected chi connectivity index (χ1v) is 20.8. The van der Waals surface area contributed by atoms with Gasteiger partial charge in [0.1, 0.15) is 0 Å². The monoisotopic (exact) mass is 746 g/mol. The second kappa shape index (κ2) is 16.5. The average Bonchev–Trinajstić information content (AvgIpc) is 3.26. The van der Waals surface area contributed by atoms with Gasteiger partial charge < -0.3 is 0 Å². The third-order valence-corrected chi connectivity index (χ3v) is 11.7. The highest BCUT2D eigenvalue weighted by molar-refractivity contribution is 5.85. The van der Waals surface area contributed by atoms with Gasteiger partial charge in [-0.1, -0.05) is 174 Å². The molecule has 0 saturated heterocycles. The maximum atomic E-state index is 9.28. The lowest BCUT2D eigenvalue weighted by molar-refractivity contribution is 0.319. The van der Waals surface area contributed by atoms with Crippen molar-refractivity contribution in [2.45, 2.75) is 91.4 Å². The fourth-order valence-corrected chi connectivity index (χ4v) is 8.66. The van der Waals surface area contributed by atoms with Crippen LogP contribution in [0.5, 0.6) is 0 Å². The van der Waals surface area contributed by atoms with Crippen molar-refractivity contribution < 1.29 is 2.74 Å². The van der Waals surface area contributed by atoms with Crippen LogP contribution in [0.4, 0.5) is 0 Å². The van der Waals surface area contributed by atoms with E-state index in [1.54, 1.807) is 6.20 Å². The predicted octanol–water partition coefficient (Wildman–Crippen LogP) is 14.7. The standard InChI is InChI=1S/C55H56N2/c1-39-33-41(17-16-40-18-20-44(21-19-40)52-15-9-12-32-56-52)35-46(34-39)50-14-8-7-13-49(50)42-22-24-45(25-23-42)53-36-51(47(38-57-53)37-54(2,3)4)43-26-28-48(29-27-43)55(5)30-10-6-11-31-55/h7-9,12-15,18-29,32-36,38H,6,10-11,16-17,30-31,37H2,1-5H3/i37D2. The Balaban J connectivity index is 1.06. The highest BCUT2D eigenvalue weighted by atomic mass is 14.7. The topological polar surface area (TPSA) is 25.8 Å². The molecule has 1 fully saturated rings. The lowest BCUT2D eigenvalue weighted by atomic mass is 9.71. The van der Waals surface area contributed by atoms with Gasteiger partial charge in [-0.3, -0.25) is 9.97 Å². The van der Waals surface area contributed by atoms with Gasteiger partial charge in [-0.05, 0) is 124 Å². The largest absolute Gasteiger partial charge is 0.256 e. The molecule has 0 radical (unpaired) electrons. The van der Waals surface area contributed by atoms with Crippen molar-refractivity contribution in [3.8, 4) is 55.9 Å². The molecule has 7 aromatic rings. The maximum Gasteiger partial charge on any atom is 0.0708 e. The maximum absolute atomic E-state index is 9.28. The summed E-state index contributed by atoms with van der Waals surface area (Å²) >= 11 is 0. The molecular weight excluding hydrogens is 689 g/mol. The summed E-state index contributed by atoms with van der Waals surface area (Å²) in [4.78, 5) is 9.42. The molecule has 2 nitrogen and oxygen atoms in total. The van der Waals surface area contributed by atoms with Crippen molar-refractivity contribution in [2.24, 2.45) is 5.41 Å². The van der Waals surface area contributed by atoms with E-state index >= 15 is 0 Å². The van der Waals surface area contributed by atoms with Crippen molar-refractivity contribution in [2.75, 3.05) is 0 Å². The molecule has 0 bridgehead atoms. The van der Waals surface area contributed by atoms with Crippen LogP contribution in [-0.4, -0.2) is 9.97 Å². The van der Waals surface area contributed by atoms with Gasteiger partial charge >= 0.3 is 0 Å². The van der Waals surface area contributed by atoms with Gasteiger partial charge in [0, 0.05) is 26.3 Å². The number of rotatable bonds is 10. The van der Waals surface area contributed by atoms with Crippen LogP contribution in [0.3, 0.4) is 0 Å². The zero-order chi connectivity index (χ0) is 41.2. The molecule has 0 spiro atoms. The fourth-order valence-electron chi connectivity index (χ4n) is 8.66. The molecule has 1 saturated carbocycles. The van der Waals surface area contributed by atoms with E-state index in [0.717, 1.165) is 52.0 Å². The second-order valence-electron chi connectivity index (χ2n) is 17.4. The molecule has 0 N–H and O–H groups in total. The molecule has 8 rings (SSSR count). The van der Waals surface area contributed by atoms with Gasteiger partial charge in [0.15, 0.2) is 0 Å². The van der Waals surface area contributed by atoms with E-state index in [-0.39, 0.29) is 5.41 Å². The van der Waals surface area contributed by atoms with Crippen LogP contribution in [0.15, 0.2) is 152 Å². The van der Waals surface area contributed by atoms with E-state index in [4.69, 9.17) is 4.98 Å². The van der Waals surface area contributed by atoms with Gasteiger partial charge in [0.2, 0.25) is 0 Å².